The van der Waals surface area contributed by atoms with Crippen LogP contribution in [0.3, 0.4) is 0 Å². The van der Waals surface area contributed by atoms with Crippen LogP contribution < -0.4 is 10.1 Å². The van der Waals surface area contributed by atoms with Gasteiger partial charge in [0.15, 0.2) is 0 Å². The van der Waals surface area contributed by atoms with Crippen LogP contribution in [-0.4, -0.2) is 31.1 Å². The van der Waals surface area contributed by atoms with Crippen LogP contribution >= 0.6 is 0 Å². The standard InChI is InChI=1S/C14H17NO4/c1-10(16)19-13-7-3-2-6-12(13)14(17)18-9-11-5-4-8-15-11/h2-3,6-7,11,15H,4-5,8-9H2,1H3. The molecule has 0 radical (unpaired) electrons. The Balaban J connectivity index is 1.99. The molecule has 1 atom stereocenters. The molecule has 0 bridgehead atoms. The zero-order valence-electron chi connectivity index (χ0n) is 10.8. The number of hydrogen-bond donors (Lipinski definition) is 1. The molecule has 0 amide bonds. The Kier molecular flexibility index (Phi) is 4.52. The third-order valence-corrected chi connectivity index (χ3v) is 2.94. The topological polar surface area (TPSA) is 64.6 Å². The first-order valence-corrected chi connectivity index (χ1v) is 6.35. The van der Waals surface area contributed by atoms with Crippen LogP contribution in [0, 0.1) is 0 Å². The molecule has 0 aromatic heterocycles. The Morgan fingerprint density at radius 3 is 2.84 bits per heavy atom. The van der Waals surface area contributed by atoms with E-state index in [9.17, 15) is 9.59 Å². The average Bonchev–Trinajstić information content (AvgIpc) is 2.89. The van der Waals surface area contributed by atoms with Gasteiger partial charge in [0, 0.05) is 13.0 Å². The van der Waals surface area contributed by atoms with Gasteiger partial charge in [-0.15, -0.1) is 0 Å². The van der Waals surface area contributed by atoms with Crippen LogP contribution in [0.4, 0.5) is 0 Å². The highest BCUT2D eigenvalue weighted by molar-refractivity contribution is 5.93. The normalized spacial score (nSPS) is 18.1. The number of rotatable bonds is 4. The summed E-state index contributed by atoms with van der Waals surface area (Å²) in [6.07, 6.45) is 2.12. The molecule has 2 rings (SSSR count). The summed E-state index contributed by atoms with van der Waals surface area (Å²) >= 11 is 0. The van der Waals surface area contributed by atoms with Crippen LogP contribution in [0.1, 0.15) is 30.1 Å². The summed E-state index contributed by atoms with van der Waals surface area (Å²) in [4.78, 5) is 22.9. The molecule has 5 heteroatoms. The first-order chi connectivity index (χ1) is 9.16. The Bertz CT molecular complexity index is 466. The zero-order valence-corrected chi connectivity index (χ0v) is 10.8. The highest BCUT2D eigenvalue weighted by Crippen LogP contribution is 2.19. The van der Waals surface area contributed by atoms with Crippen LogP contribution in [0.5, 0.6) is 5.75 Å². The lowest BCUT2D eigenvalue weighted by Crippen LogP contribution is -2.28. The van der Waals surface area contributed by atoms with Crippen LogP contribution in [0.2, 0.25) is 0 Å². The van der Waals surface area contributed by atoms with Gasteiger partial charge in [-0.1, -0.05) is 12.1 Å². The van der Waals surface area contributed by atoms with Crippen molar-refractivity contribution in [1.29, 1.82) is 0 Å². The Morgan fingerprint density at radius 1 is 1.37 bits per heavy atom. The lowest BCUT2D eigenvalue weighted by Gasteiger charge is -2.12. The van der Waals surface area contributed by atoms with Crippen molar-refractivity contribution in [2.75, 3.05) is 13.2 Å². The maximum absolute atomic E-state index is 12.0. The van der Waals surface area contributed by atoms with E-state index in [1.165, 1.54) is 6.92 Å². The summed E-state index contributed by atoms with van der Waals surface area (Å²) in [6, 6.07) is 6.80. The van der Waals surface area contributed by atoms with Crippen LogP contribution in [-0.2, 0) is 9.53 Å². The van der Waals surface area contributed by atoms with E-state index in [2.05, 4.69) is 5.32 Å². The Labute approximate surface area is 111 Å². The van der Waals surface area contributed by atoms with Crippen LogP contribution in [0.25, 0.3) is 0 Å². The van der Waals surface area contributed by atoms with Crippen molar-refractivity contribution in [1.82, 2.24) is 5.32 Å². The fourth-order valence-corrected chi connectivity index (χ4v) is 2.03. The lowest BCUT2D eigenvalue weighted by atomic mass is 10.2. The number of ether oxygens (including phenoxy) is 2. The van der Waals surface area contributed by atoms with Gasteiger partial charge < -0.3 is 14.8 Å². The fraction of sp³-hybridized carbons (Fsp3) is 0.429. The molecule has 1 fully saturated rings. The highest BCUT2D eigenvalue weighted by atomic mass is 16.5. The maximum Gasteiger partial charge on any atom is 0.342 e. The molecule has 0 spiro atoms. The second-order valence-corrected chi connectivity index (χ2v) is 4.48. The van der Waals surface area contributed by atoms with E-state index in [0.717, 1.165) is 19.4 Å². The third-order valence-electron chi connectivity index (χ3n) is 2.94. The van der Waals surface area contributed by atoms with Crippen molar-refractivity contribution in [2.45, 2.75) is 25.8 Å². The fourth-order valence-electron chi connectivity index (χ4n) is 2.03. The Morgan fingerprint density at radius 2 is 2.16 bits per heavy atom. The molecule has 1 aliphatic heterocycles. The van der Waals surface area contributed by atoms with Gasteiger partial charge in [0.25, 0.3) is 0 Å². The van der Waals surface area contributed by atoms with Gasteiger partial charge >= 0.3 is 11.9 Å². The molecular weight excluding hydrogens is 246 g/mol. The molecule has 1 aromatic rings. The smallest absolute Gasteiger partial charge is 0.342 e. The van der Waals surface area contributed by atoms with Crippen molar-refractivity contribution in [2.24, 2.45) is 0 Å². The quantitative estimate of drug-likeness (QED) is 0.659. The van der Waals surface area contributed by atoms with Gasteiger partial charge in [0.2, 0.25) is 0 Å². The van der Waals surface area contributed by atoms with Gasteiger partial charge in [-0.3, -0.25) is 4.79 Å². The number of esters is 2. The van der Waals surface area contributed by atoms with E-state index in [1.54, 1.807) is 24.3 Å². The van der Waals surface area contributed by atoms with Gasteiger partial charge in [-0.25, -0.2) is 4.79 Å². The van der Waals surface area contributed by atoms with Crippen molar-refractivity contribution in [3.63, 3.8) is 0 Å². The van der Waals surface area contributed by atoms with Gasteiger partial charge in [0.1, 0.15) is 17.9 Å². The summed E-state index contributed by atoms with van der Waals surface area (Å²) in [5.74, 6) is -0.692. The minimum Gasteiger partial charge on any atom is -0.460 e. The highest BCUT2D eigenvalue weighted by Gasteiger charge is 2.19. The maximum atomic E-state index is 12.0. The first kappa shape index (κ1) is 13.5. The summed E-state index contributed by atoms with van der Waals surface area (Å²) in [5, 5.41) is 3.25. The molecule has 1 N–H and O–H groups in total. The van der Waals surface area contributed by atoms with Gasteiger partial charge in [-0.2, -0.15) is 0 Å². The van der Waals surface area contributed by atoms with Crippen LogP contribution in [0.15, 0.2) is 24.3 Å². The molecule has 1 aliphatic rings. The van der Waals surface area contributed by atoms with E-state index < -0.39 is 11.9 Å². The van der Waals surface area contributed by atoms with Crippen molar-refractivity contribution in [3.05, 3.63) is 29.8 Å². The molecule has 19 heavy (non-hydrogen) atoms. The zero-order chi connectivity index (χ0) is 13.7. The number of benzene rings is 1. The summed E-state index contributed by atoms with van der Waals surface area (Å²) in [6.45, 7) is 2.60. The Hall–Kier alpha value is -1.88. The molecule has 1 heterocycles. The molecule has 1 aromatic carbocycles. The number of carbonyl (C=O) groups is 2. The molecule has 1 unspecified atom stereocenters. The van der Waals surface area contributed by atoms with Crippen molar-refractivity contribution >= 4 is 11.9 Å². The van der Waals surface area contributed by atoms with Gasteiger partial charge in [-0.05, 0) is 31.5 Å². The van der Waals surface area contributed by atoms with E-state index in [1.807, 2.05) is 0 Å². The van der Waals surface area contributed by atoms with E-state index in [4.69, 9.17) is 9.47 Å². The second kappa shape index (κ2) is 6.33. The molecule has 1 saturated heterocycles. The largest absolute Gasteiger partial charge is 0.460 e. The minimum atomic E-state index is -0.467. The lowest BCUT2D eigenvalue weighted by molar-refractivity contribution is -0.131. The molecule has 0 saturated carbocycles. The average molecular weight is 263 g/mol. The predicted octanol–water partition coefficient (Wildman–Crippen LogP) is 1.52. The van der Waals surface area contributed by atoms with E-state index >= 15 is 0 Å². The van der Waals surface area contributed by atoms with E-state index in [-0.39, 0.29) is 17.4 Å². The molecule has 102 valence electrons. The van der Waals surface area contributed by atoms with Crippen molar-refractivity contribution in [3.8, 4) is 5.75 Å². The number of carbonyl (C=O) groups excluding carboxylic acids is 2. The third kappa shape index (κ3) is 3.79. The second-order valence-electron chi connectivity index (χ2n) is 4.48. The van der Waals surface area contributed by atoms with Crippen molar-refractivity contribution < 1.29 is 19.1 Å². The monoisotopic (exact) mass is 263 g/mol. The van der Waals surface area contributed by atoms with Gasteiger partial charge in [0.05, 0.1) is 0 Å². The molecule has 0 aliphatic carbocycles. The minimum absolute atomic E-state index is 0.227. The number of nitrogens with one attached hydrogen (secondary N) is 1. The molecule has 5 nitrogen and oxygen atoms in total. The predicted molar refractivity (Wildman–Crippen MR) is 69.1 cm³/mol. The summed E-state index contributed by atoms with van der Waals surface area (Å²) < 4.78 is 10.2. The molecular formula is C14H17NO4. The van der Waals surface area contributed by atoms with E-state index in [0.29, 0.717) is 6.61 Å². The summed E-state index contributed by atoms with van der Waals surface area (Å²) in [5.41, 5.74) is 0.274. The summed E-state index contributed by atoms with van der Waals surface area (Å²) in [7, 11) is 0. The first-order valence-electron chi connectivity index (χ1n) is 6.35. The SMILES string of the molecule is CC(=O)Oc1ccccc1C(=O)OCC1CCCN1. The number of hydrogen-bond acceptors (Lipinski definition) is 5. The number of para-hydroxylation sites is 1.